The topological polar surface area (TPSA) is 38.9 Å². The van der Waals surface area contributed by atoms with Gasteiger partial charge in [0.05, 0.1) is 0 Å². The zero-order valence-electron chi connectivity index (χ0n) is 7.00. The van der Waals surface area contributed by atoms with Crippen LogP contribution in [0.4, 0.5) is 0 Å². The van der Waals surface area contributed by atoms with Crippen LogP contribution in [0.15, 0.2) is 30.5 Å². The highest BCUT2D eigenvalue weighted by Gasteiger charge is 2.02. The highest BCUT2D eigenvalue weighted by atomic mass is 35.5. The highest BCUT2D eigenvalue weighted by Crippen LogP contribution is 2.23. The molecule has 66 valence electrons. The van der Waals surface area contributed by atoms with Crippen LogP contribution >= 0.6 is 11.6 Å². The van der Waals surface area contributed by atoms with Crippen LogP contribution in [-0.4, -0.2) is 4.98 Å². The van der Waals surface area contributed by atoms with Crippen molar-refractivity contribution in [3.8, 4) is 0 Å². The van der Waals surface area contributed by atoms with Crippen LogP contribution in [0.2, 0.25) is 5.15 Å². The molecule has 0 saturated heterocycles. The normalized spacial score (nSPS) is 10.6. The first-order valence-corrected chi connectivity index (χ1v) is 4.43. The minimum atomic E-state index is 0.491. The van der Waals surface area contributed by atoms with E-state index in [0.717, 1.165) is 16.3 Å². The van der Waals surface area contributed by atoms with Gasteiger partial charge in [-0.05, 0) is 10.9 Å². The van der Waals surface area contributed by atoms with Gasteiger partial charge in [0.1, 0.15) is 5.15 Å². The van der Waals surface area contributed by atoms with Crippen LogP contribution < -0.4 is 5.73 Å². The molecule has 2 nitrogen and oxygen atoms in total. The summed E-state index contributed by atoms with van der Waals surface area (Å²) < 4.78 is 0. The summed E-state index contributed by atoms with van der Waals surface area (Å²) in [6.07, 6.45) is 1.73. The molecule has 0 saturated carbocycles. The Morgan fingerprint density at radius 3 is 2.62 bits per heavy atom. The summed E-state index contributed by atoms with van der Waals surface area (Å²) in [4.78, 5) is 4.06. The lowest BCUT2D eigenvalue weighted by atomic mass is 10.1. The summed E-state index contributed by atoms with van der Waals surface area (Å²) in [6.45, 7) is 0.491. The molecular formula is C10H9ClN2. The van der Waals surface area contributed by atoms with E-state index in [1.807, 2.05) is 24.3 Å². The molecule has 3 heteroatoms. The molecule has 0 aliphatic carbocycles. The van der Waals surface area contributed by atoms with Crippen molar-refractivity contribution in [1.82, 2.24) is 4.98 Å². The Morgan fingerprint density at radius 1 is 1.23 bits per heavy atom. The van der Waals surface area contributed by atoms with E-state index >= 15 is 0 Å². The lowest BCUT2D eigenvalue weighted by Gasteiger charge is -2.03. The second kappa shape index (κ2) is 3.32. The first-order valence-electron chi connectivity index (χ1n) is 4.05. The number of nitrogens with two attached hydrogens (primary N) is 1. The summed E-state index contributed by atoms with van der Waals surface area (Å²) >= 11 is 5.93. The van der Waals surface area contributed by atoms with Crippen LogP contribution in [0.3, 0.4) is 0 Å². The molecule has 1 heterocycles. The fraction of sp³-hybridized carbons (Fsp3) is 0.100. The predicted octanol–water partition coefficient (Wildman–Crippen LogP) is 2.35. The minimum Gasteiger partial charge on any atom is -0.326 e. The van der Waals surface area contributed by atoms with Crippen LogP contribution in [0, 0.1) is 0 Å². The SMILES string of the molecule is NCc1cnc(Cl)c2ccccc12. The number of nitrogens with zero attached hydrogens (tertiary/aromatic N) is 1. The van der Waals surface area contributed by atoms with Gasteiger partial charge in [0.15, 0.2) is 0 Å². The Hall–Kier alpha value is -1.12. The van der Waals surface area contributed by atoms with Crippen LogP contribution in [0.25, 0.3) is 10.8 Å². The third-order valence-electron chi connectivity index (χ3n) is 2.05. The number of aromatic nitrogens is 1. The predicted molar refractivity (Wildman–Crippen MR) is 54.6 cm³/mol. The van der Waals surface area contributed by atoms with Gasteiger partial charge in [-0.15, -0.1) is 0 Å². The van der Waals surface area contributed by atoms with E-state index in [1.165, 1.54) is 0 Å². The van der Waals surface area contributed by atoms with Crippen molar-refractivity contribution < 1.29 is 0 Å². The summed E-state index contributed by atoms with van der Waals surface area (Å²) in [5, 5.41) is 2.59. The van der Waals surface area contributed by atoms with E-state index in [9.17, 15) is 0 Å². The molecule has 0 radical (unpaired) electrons. The number of rotatable bonds is 1. The lowest BCUT2D eigenvalue weighted by molar-refractivity contribution is 1.07. The van der Waals surface area contributed by atoms with Gasteiger partial charge in [-0.3, -0.25) is 0 Å². The van der Waals surface area contributed by atoms with Gasteiger partial charge in [-0.25, -0.2) is 4.98 Å². The number of benzene rings is 1. The second-order valence-corrected chi connectivity index (χ2v) is 3.18. The number of halogens is 1. The zero-order valence-corrected chi connectivity index (χ0v) is 7.75. The second-order valence-electron chi connectivity index (χ2n) is 2.82. The van der Waals surface area contributed by atoms with Crippen molar-refractivity contribution in [3.05, 3.63) is 41.2 Å². The van der Waals surface area contributed by atoms with E-state index in [2.05, 4.69) is 4.98 Å². The summed E-state index contributed by atoms with van der Waals surface area (Å²) in [5.74, 6) is 0. The molecule has 0 bridgehead atoms. The van der Waals surface area contributed by atoms with Crippen LogP contribution in [0.1, 0.15) is 5.56 Å². The summed E-state index contributed by atoms with van der Waals surface area (Å²) in [5.41, 5.74) is 6.61. The van der Waals surface area contributed by atoms with E-state index < -0.39 is 0 Å². The minimum absolute atomic E-state index is 0.491. The Balaban J connectivity index is 2.84. The quantitative estimate of drug-likeness (QED) is 0.705. The molecule has 13 heavy (non-hydrogen) atoms. The Kier molecular flexibility index (Phi) is 2.17. The Labute approximate surface area is 81.3 Å². The van der Waals surface area contributed by atoms with E-state index in [-0.39, 0.29) is 0 Å². The van der Waals surface area contributed by atoms with Crippen molar-refractivity contribution in [1.29, 1.82) is 0 Å². The maximum atomic E-state index is 5.93. The van der Waals surface area contributed by atoms with E-state index in [4.69, 9.17) is 17.3 Å². The number of hydrogen-bond donors (Lipinski definition) is 1. The van der Waals surface area contributed by atoms with Crippen molar-refractivity contribution in [3.63, 3.8) is 0 Å². The molecule has 2 rings (SSSR count). The van der Waals surface area contributed by atoms with E-state index in [1.54, 1.807) is 6.20 Å². The standard InChI is InChI=1S/C10H9ClN2/c11-10-9-4-2-1-3-8(9)7(5-12)6-13-10/h1-4,6H,5,12H2. The van der Waals surface area contributed by atoms with Crippen LogP contribution in [0.5, 0.6) is 0 Å². The molecule has 2 aromatic rings. The molecule has 0 aliphatic rings. The van der Waals surface area contributed by atoms with Gasteiger partial charge < -0.3 is 5.73 Å². The molecule has 2 N–H and O–H groups in total. The molecule has 1 aromatic carbocycles. The Morgan fingerprint density at radius 2 is 1.92 bits per heavy atom. The maximum absolute atomic E-state index is 5.93. The zero-order chi connectivity index (χ0) is 9.26. The van der Waals surface area contributed by atoms with Crippen molar-refractivity contribution in [2.24, 2.45) is 5.73 Å². The fourth-order valence-electron chi connectivity index (χ4n) is 1.38. The molecule has 1 aromatic heterocycles. The van der Waals surface area contributed by atoms with Gasteiger partial charge in [0, 0.05) is 18.1 Å². The molecule has 0 amide bonds. The molecular weight excluding hydrogens is 184 g/mol. The van der Waals surface area contributed by atoms with Gasteiger partial charge in [-0.2, -0.15) is 0 Å². The third-order valence-corrected chi connectivity index (χ3v) is 2.35. The largest absolute Gasteiger partial charge is 0.326 e. The third kappa shape index (κ3) is 1.39. The maximum Gasteiger partial charge on any atom is 0.136 e. The highest BCUT2D eigenvalue weighted by molar-refractivity contribution is 6.34. The smallest absolute Gasteiger partial charge is 0.136 e. The number of pyridine rings is 1. The van der Waals surface area contributed by atoms with Gasteiger partial charge in [0.2, 0.25) is 0 Å². The number of hydrogen-bond acceptors (Lipinski definition) is 2. The summed E-state index contributed by atoms with van der Waals surface area (Å²) in [7, 11) is 0. The first kappa shape index (κ1) is 8.48. The first-order chi connectivity index (χ1) is 6.33. The van der Waals surface area contributed by atoms with E-state index in [0.29, 0.717) is 11.7 Å². The van der Waals surface area contributed by atoms with Crippen LogP contribution in [-0.2, 0) is 6.54 Å². The van der Waals surface area contributed by atoms with Gasteiger partial charge >= 0.3 is 0 Å². The van der Waals surface area contributed by atoms with Crippen molar-refractivity contribution in [2.75, 3.05) is 0 Å². The summed E-state index contributed by atoms with van der Waals surface area (Å²) in [6, 6.07) is 7.86. The average molecular weight is 193 g/mol. The lowest BCUT2D eigenvalue weighted by Crippen LogP contribution is -1.98. The Bertz CT molecular complexity index is 440. The molecule has 0 unspecified atom stereocenters. The molecule has 0 fully saturated rings. The number of fused-ring (bicyclic) bond motifs is 1. The van der Waals surface area contributed by atoms with Gasteiger partial charge in [-0.1, -0.05) is 35.9 Å². The molecule has 0 atom stereocenters. The van der Waals surface area contributed by atoms with Crippen molar-refractivity contribution >= 4 is 22.4 Å². The van der Waals surface area contributed by atoms with Gasteiger partial charge in [0.25, 0.3) is 0 Å². The monoisotopic (exact) mass is 192 g/mol. The fourth-order valence-corrected chi connectivity index (χ4v) is 1.59. The molecule has 0 spiro atoms. The average Bonchev–Trinajstić information content (AvgIpc) is 2.19. The molecule has 0 aliphatic heterocycles. The van der Waals surface area contributed by atoms with Crippen molar-refractivity contribution in [2.45, 2.75) is 6.54 Å².